The van der Waals surface area contributed by atoms with E-state index in [1.165, 1.54) is 6.07 Å². The predicted octanol–water partition coefficient (Wildman–Crippen LogP) is 2.87. The second-order valence-corrected chi connectivity index (χ2v) is 6.54. The molecule has 2 N–H and O–H groups in total. The summed E-state index contributed by atoms with van der Waals surface area (Å²) in [5, 5.41) is 23.7. The molecule has 0 heterocycles. The normalized spacial score (nSPS) is 13.1. The number of aryl methyl sites for hydroxylation is 1. The molecule has 2 aromatic rings. The summed E-state index contributed by atoms with van der Waals surface area (Å²) in [4.78, 5) is 23.1. The molecule has 6 heteroatoms. The van der Waals surface area contributed by atoms with Crippen molar-refractivity contribution in [1.82, 2.24) is 5.32 Å². The summed E-state index contributed by atoms with van der Waals surface area (Å²) in [6.45, 7) is 3.63. The summed E-state index contributed by atoms with van der Waals surface area (Å²) in [7, 11) is 0. The Morgan fingerprint density at radius 3 is 2.48 bits per heavy atom. The van der Waals surface area contributed by atoms with Gasteiger partial charge in [0.15, 0.2) is 0 Å². The number of carbonyl (C=O) groups excluding carboxylic acids is 1. The quantitative estimate of drug-likeness (QED) is 0.598. The van der Waals surface area contributed by atoms with Crippen molar-refractivity contribution in [2.45, 2.75) is 20.3 Å². The minimum atomic E-state index is -0.561. The van der Waals surface area contributed by atoms with Gasteiger partial charge in [-0.1, -0.05) is 49.4 Å². The first-order valence-electron chi connectivity index (χ1n) is 8.03. The molecular formula is C19H22N2O4. The van der Waals surface area contributed by atoms with Gasteiger partial charge in [-0.3, -0.25) is 14.9 Å². The highest BCUT2D eigenvalue weighted by atomic mass is 16.6. The summed E-state index contributed by atoms with van der Waals surface area (Å²) in [6.07, 6.45) is 0.584. The highest BCUT2D eigenvalue weighted by molar-refractivity contribution is 5.99. The van der Waals surface area contributed by atoms with Crippen molar-refractivity contribution in [1.29, 1.82) is 0 Å². The Kier molecular flexibility index (Phi) is 5.88. The van der Waals surface area contributed by atoms with E-state index in [2.05, 4.69) is 5.32 Å². The van der Waals surface area contributed by atoms with Crippen molar-refractivity contribution in [3.05, 3.63) is 75.3 Å². The Bertz CT molecular complexity index is 761. The van der Waals surface area contributed by atoms with Crippen LogP contribution >= 0.6 is 0 Å². The van der Waals surface area contributed by atoms with E-state index in [9.17, 15) is 20.0 Å². The topological polar surface area (TPSA) is 92.5 Å². The van der Waals surface area contributed by atoms with E-state index in [0.717, 1.165) is 5.56 Å². The van der Waals surface area contributed by atoms with Gasteiger partial charge in [-0.25, -0.2) is 0 Å². The second-order valence-electron chi connectivity index (χ2n) is 6.54. The number of nitrogens with one attached hydrogen (secondary N) is 1. The van der Waals surface area contributed by atoms with Crippen LogP contribution in [-0.2, 0) is 6.42 Å². The van der Waals surface area contributed by atoms with E-state index in [4.69, 9.17) is 0 Å². The maximum atomic E-state index is 12.5. The van der Waals surface area contributed by atoms with Gasteiger partial charge in [-0.2, -0.15) is 0 Å². The molecule has 0 aliphatic carbocycles. The van der Waals surface area contributed by atoms with Crippen molar-refractivity contribution < 1.29 is 14.8 Å². The third-order valence-corrected chi connectivity index (χ3v) is 4.21. The molecule has 0 fully saturated rings. The van der Waals surface area contributed by atoms with Crippen LogP contribution in [0.25, 0.3) is 0 Å². The first-order chi connectivity index (χ1) is 11.9. The third-order valence-electron chi connectivity index (χ3n) is 4.21. The molecule has 0 aliphatic rings. The first kappa shape index (κ1) is 18.6. The molecule has 0 bridgehead atoms. The molecule has 1 amide bonds. The van der Waals surface area contributed by atoms with Gasteiger partial charge >= 0.3 is 0 Å². The SMILES string of the molecule is Cc1cccc([N+](=O)[O-])c1C(=O)NC[C@@](C)(CO)Cc1ccccc1. The molecular weight excluding hydrogens is 320 g/mol. The molecule has 0 saturated heterocycles. The number of hydrogen-bond acceptors (Lipinski definition) is 4. The Balaban J connectivity index is 2.14. The van der Waals surface area contributed by atoms with Gasteiger partial charge in [-0.15, -0.1) is 0 Å². The highest BCUT2D eigenvalue weighted by Gasteiger charge is 2.27. The number of aliphatic hydroxyl groups is 1. The zero-order valence-corrected chi connectivity index (χ0v) is 14.4. The molecule has 132 valence electrons. The number of rotatable bonds is 7. The number of carbonyl (C=O) groups is 1. The first-order valence-corrected chi connectivity index (χ1v) is 8.03. The molecule has 0 radical (unpaired) electrons. The lowest BCUT2D eigenvalue weighted by Crippen LogP contribution is -2.40. The van der Waals surface area contributed by atoms with Gasteiger partial charge in [-0.05, 0) is 24.5 Å². The van der Waals surface area contributed by atoms with Crippen LogP contribution in [0.1, 0.15) is 28.4 Å². The van der Waals surface area contributed by atoms with Crippen LogP contribution in [0.3, 0.4) is 0 Å². The summed E-state index contributed by atoms with van der Waals surface area (Å²) >= 11 is 0. The van der Waals surface area contributed by atoms with Gasteiger partial charge in [0.2, 0.25) is 0 Å². The summed E-state index contributed by atoms with van der Waals surface area (Å²) < 4.78 is 0. The smallest absolute Gasteiger partial charge is 0.282 e. The van der Waals surface area contributed by atoms with Gasteiger partial charge in [0, 0.05) is 18.0 Å². The number of hydrogen-bond donors (Lipinski definition) is 2. The van der Waals surface area contributed by atoms with Crippen LogP contribution in [0.5, 0.6) is 0 Å². The molecule has 6 nitrogen and oxygen atoms in total. The van der Waals surface area contributed by atoms with Crippen molar-refractivity contribution in [3.8, 4) is 0 Å². The van der Waals surface area contributed by atoms with E-state index in [1.54, 1.807) is 19.1 Å². The maximum Gasteiger partial charge on any atom is 0.282 e. The Labute approximate surface area is 146 Å². The van der Waals surface area contributed by atoms with Crippen LogP contribution < -0.4 is 5.32 Å². The van der Waals surface area contributed by atoms with Crippen LogP contribution in [0, 0.1) is 22.5 Å². The number of nitro benzene ring substituents is 1. The molecule has 25 heavy (non-hydrogen) atoms. The number of aliphatic hydroxyl groups excluding tert-OH is 1. The highest BCUT2D eigenvalue weighted by Crippen LogP contribution is 2.24. The fourth-order valence-electron chi connectivity index (χ4n) is 2.74. The largest absolute Gasteiger partial charge is 0.396 e. The zero-order chi connectivity index (χ0) is 18.4. The number of nitro groups is 1. The number of benzene rings is 2. The number of nitrogens with zero attached hydrogens (tertiary/aromatic N) is 1. The second kappa shape index (κ2) is 7.90. The number of amides is 1. The molecule has 0 aliphatic heterocycles. The monoisotopic (exact) mass is 342 g/mol. The average Bonchev–Trinajstić information content (AvgIpc) is 2.60. The maximum absolute atomic E-state index is 12.5. The third kappa shape index (κ3) is 4.64. The lowest BCUT2D eigenvalue weighted by atomic mass is 9.84. The van der Waals surface area contributed by atoms with Gasteiger partial charge < -0.3 is 10.4 Å². The molecule has 2 aromatic carbocycles. The molecule has 1 atom stereocenters. The van der Waals surface area contributed by atoms with Crippen molar-refractivity contribution in [2.75, 3.05) is 13.2 Å². The fourth-order valence-corrected chi connectivity index (χ4v) is 2.74. The van der Waals surface area contributed by atoms with Gasteiger partial charge in [0.25, 0.3) is 11.6 Å². The molecule has 0 unspecified atom stereocenters. The molecule has 0 saturated carbocycles. The predicted molar refractivity (Wildman–Crippen MR) is 95.5 cm³/mol. The summed E-state index contributed by atoms with van der Waals surface area (Å²) in [5.41, 5.74) is 0.878. The summed E-state index contributed by atoms with van der Waals surface area (Å²) in [6, 6.07) is 14.2. The lowest BCUT2D eigenvalue weighted by molar-refractivity contribution is -0.385. The minimum Gasteiger partial charge on any atom is -0.396 e. The zero-order valence-electron chi connectivity index (χ0n) is 14.4. The van der Waals surface area contributed by atoms with Gasteiger partial charge in [0.1, 0.15) is 5.56 Å². The molecule has 0 spiro atoms. The van der Waals surface area contributed by atoms with E-state index in [0.29, 0.717) is 12.0 Å². The van der Waals surface area contributed by atoms with E-state index in [1.807, 2.05) is 37.3 Å². The minimum absolute atomic E-state index is 0.0625. The summed E-state index contributed by atoms with van der Waals surface area (Å²) in [5.74, 6) is -0.502. The Hall–Kier alpha value is -2.73. The van der Waals surface area contributed by atoms with Gasteiger partial charge in [0.05, 0.1) is 11.5 Å². The van der Waals surface area contributed by atoms with Crippen LogP contribution in [0.4, 0.5) is 5.69 Å². The Morgan fingerprint density at radius 2 is 1.88 bits per heavy atom. The van der Waals surface area contributed by atoms with Crippen molar-refractivity contribution in [2.24, 2.45) is 5.41 Å². The van der Waals surface area contributed by atoms with Crippen LogP contribution in [-0.4, -0.2) is 29.1 Å². The molecule has 0 aromatic heterocycles. The van der Waals surface area contributed by atoms with Crippen molar-refractivity contribution in [3.63, 3.8) is 0 Å². The molecule has 2 rings (SSSR count). The van der Waals surface area contributed by atoms with Crippen LogP contribution in [0.2, 0.25) is 0 Å². The lowest BCUT2D eigenvalue weighted by Gasteiger charge is -2.28. The standard InChI is InChI=1S/C19H22N2O4/c1-14-7-6-10-16(21(24)25)17(14)18(23)20-12-19(2,13-22)11-15-8-4-3-5-9-15/h3-10,22H,11-13H2,1-2H3,(H,20,23)/t19-/m0/s1. The average molecular weight is 342 g/mol. The fraction of sp³-hybridized carbons (Fsp3) is 0.316. The van der Waals surface area contributed by atoms with E-state index >= 15 is 0 Å². The van der Waals surface area contributed by atoms with Crippen molar-refractivity contribution >= 4 is 11.6 Å². The van der Waals surface area contributed by atoms with E-state index in [-0.39, 0.29) is 24.4 Å². The van der Waals surface area contributed by atoms with Crippen LogP contribution in [0.15, 0.2) is 48.5 Å². The van der Waals surface area contributed by atoms with E-state index < -0.39 is 16.2 Å². The Morgan fingerprint density at radius 1 is 1.20 bits per heavy atom.